The summed E-state index contributed by atoms with van der Waals surface area (Å²) in [7, 11) is 1.83. The molecule has 2 aliphatic rings. The first-order chi connectivity index (χ1) is 12.3. The molecule has 6 nitrogen and oxygen atoms in total. The van der Waals surface area contributed by atoms with Crippen LogP contribution in [0, 0.1) is 0 Å². The van der Waals surface area contributed by atoms with Gasteiger partial charge in [-0.1, -0.05) is 18.9 Å². The lowest BCUT2D eigenvalue weighted by molar-refractivity contribution is 0.242. The third-order valence-electron chi connectivity index (χ3n) is 5.20. The summed E-state index contributed by atoms with van der Waals surface area (Å²) in [6.45, 7) is 5.58. The molecule has 0 aromatic carbocycles. The molecule has 1 saturated carbocycles. The number of hydrogen-bond acceptors (Lipinski definition) is 4. The van der Waals surface area contributed by atoms with Gasteiger partial charge in [0.15, 0.2) is 5.96 Å². The minimum atomic E-state index is 0. The maximum atomic E-state index is 5.59. The van der Waals surface area contributed by atoms with E-state index in [0.29, 0.717) is 25.1 Å². The second kappa shape index (κ2) is 10.9. The number of rotatable bonds is 6. The molecule has 1 aromatic rings. The lowest BCUT2D eigenvalue weighted by Gasteiger charge is -2.24. The number of aromatic nitrogens is 1. The number of guanidine groups is 1. The lowest BCUT2D eigenvalue weighted by Crippen LogP contribution is -2.45. The van der Waals surface area contributed by atoms with E-state index in [2.05, 4.69) is 25.5 Å². The minimum absolute atomic E-state index is 0. The first kappa shape index (κ1) is 21.2. The van der Waals surface area contributed by atoms with Crippen molar-refractivity contribution in [3.63, 3.8) is 0 Å². The highest BCUT2D eigenvalue weighted by Crippen LogP contribution is 2.26. The van der Waals surface area contributed by atoms with E-state index in [4.69, 9.17) is 4.74 Å². The predicted octanol–water partition coefficient (Wildman–Crippen LogP) is 2.78. The van der Waals surface area contributed by atoms with Crippen molar-refractivity contribution in [2.24, 2.45) is 4.99 Å². The van der Waals surface area contributed by atoms with Crippen LogP contribution in [0.3, 0.4) is 0 Å². The van der Waals surface area contributed by atoms with Crippen LogP contribution in [-0.4, -0.2) is 54.7 Å². The molecule has 0 bridgehead atoms. The van der Waals surface area contributed by atoms with Gasteiger partial charge in [-0.3, -0.25) is 9.89 Å². The third-order valence-corrected chi connectivity index (χ3v) is 5.20. The number of pyridine rings is 1. The van der Waals surface area contributed by atoms with Gasteiger partial charge >= 0.3 is 0 Å². The Morgan fingerprint density at radius 3 is 2.88 bits per heavy atom. The molecule has 2 heterocycles. The molecule has 7 heteroatoms. The average Bonchev–Trinajstić information content (AvgIpc) is 3.31. The van der Waals surface area contributed by atoms with Gasteiger partial charge in [0.25, 0.3) is 0 Å². The second-order valence-corrected chi connectivity index (χ2v) is 6.89. The van der Waals surface area contributed by atoms with Crippen molar-refractivity contribution in [3.8, 4) is 5.88 Å². The number of aliphatic imine (C=N–C) groups is 1. The number of nitrogens with zero attached hydrogens (tertiary/aromatic N) is 3. The Hall–Kier alpha value is -1.09. The summed E-state index contributed by atoms with van der Waals surface area (Å²) in [5.74, 6) is 1.55. The van der Waals surface area contributed by atoms with Gasteiger partial charge in [0.1, 0.15) is 0 Å². The first-order valence-corrected chi connectivity index (χ1v) is 9.58. The molecule has 0 amide bonds. The molecule has 1 aromatic heterocycles. The lowest BCUT2D eigenvalue weighted by atomic mass is 10.2. The second-order valence-electron chi connectivity index (χ2n) is 6.89. The molecular weight excluding hydrogens is 441 g/mol. The van der Waals surface area contributed by atoms with Gasteiger partial charge in [0.05, 0.1) is 6.61 Å². The van der Waals surface area contributed by atoms with E-state index in [1.165, 1.54) is 38.6 Å². The van der Waals surface area contributed by atoms with Crippen molar-refractivity contribution < 1.29 is 4.74 Å². The van der Waals surface area contributed by atoms with Crippen molar-refractivity contribution in [2.75, 3.05) is 26.7 Å². The average molecular weight is 473 g/mol. The van der Waals surface area contributed by atoms with Crippen LogP contribution in [-0.2, 0) is 6.54 Å². The number of likely N-dealkylation sites (tertiary alicyclic amines) is 1. The normalized spacial score (nSPS) is 21.5. The Labute approximate surface area is 174 Å². The zero-order chi connectivity index (χ0) is 17.5. The quantitative estimate of drug-likeness (QED) is 0.378. The summed E-state index contributed by atoms with van der Waals surface area (Å²) in [6.07, 6.45) is 8.50. The van der Waals surface area contributed by atoms with E-state index in [1.54, 1.807) is 6.20 Å². The Bertz CT molecular complexity index is 577. The highest BCUT2D eigenvalue weighted by Gasteiger charge is 2.30. The van der Waals surface area contributed by atoms with Gasteiger partial charge < -0.3 is 15.4 Å². The van der Waals surface area contributed by atoms with E-state index in [0.717, 1.165) is 24.1 Å². The number of hydrogen-bond donors (Lipinski definition) is 2. The summed E-state index contributed by atoms with van der Waals surface area (Å²) >= 11 is 0. The number of ether oxygens (including phenoxy) is 1. The first-order valence-electron chi connectivity index (χ1n) is 9.58. The van der Waals surface area contributed by atoms with Crippen LogP contribution in [0.4, 0.5) is 0 Å². The van der Waals surface area contributed by atoms with E-state index in [-0.39, 0.29) is 24.0 Å². The fraction of sp³-hybridized carbons (Fsp3) is 0.684. The minimum Gasteiger partial charge on any atom is -0.478 e. The van der Waals surface area contributed by atoms with Crippen molar-refractivity contribution in [3.05, 3.63) is 23.9 Å². The number of nitrogens with one attached hydrogen (secondary N) is 2. The number of halogens is 1. The topological polar surface area (TPSA) is 61.8 Å². The zero-order valence-electron chi connectivity index (χ0n) is 15.9. The van der Waals surface area contributed by atoms with Gasteiger partial charge in [-0.25, -0.2) is 4.98 Å². The molecular formula is C19H32IN5O. The molecule has 1 saturated heterocycles. The van der Waals surface area contributed by atoms with Crippen molar-refractivity contribution in [2.45, 2.75) is 57.7 Å². The molecule has 2 N–H and O–H groups in total. The molecule has 1 aliphatic heterocycles. The van der Waals surface area contributed by atoms with Gasteiger partial charge in [-0.2, -0.15) is 0 Å². The van der Waals surface area contributed by atoms with Crippen LogP contribution in [0.2, 0.25) is 0 Å². The van der Waals surface area contributed by atoms with Crippen LogP contribution >= 0.6 is 24.0 Å². The highest BCUT2D eigenvalue weighted by atomic mass is 127. The van der Waals surface area contributed by atoms with Crippen molar-refractivity contribution in [1.82, 2.24) is 20.5 Å². The molecule has 0 radical (unpaired) electrons. The van der Waals surface area contributed by atoms with Crippen LogP contribution in [0.25, 0.3) is 0 Å². The van der Waals surface area contributed by atoms with Crippen molar-refractivity contribution in [1.29, 1.82) is 0 Å². The van der Waals surface area contributed by atoms with Crippen LogP contribution < -0.4 is 15.4 Å². The Morgan fingerprint density at radius 2 is 2.15 bits per heavy atom. The smallest absolute Gasteiger partial charge is 0.218 e. The summed E-state index contributed by atoms with van der Waals surface area (Å²) in [4.78, 5) is 11.3. The fourth-order valence-electron chi connectivity index (χ4n) is 3.90. The van der Waals surface area contributed by atoms with Gasteiger partial charge in [0, 0.05) is 50.5 Å². The summed E-state index contributed by atoms with van der Waals surface area (Å²) in [5.41, 5.74) is 1.05. The maximum Gasteiger partial charge on any atom is 0.218 e. The van der Waals surface area contributed by atoms with Gasteiger partial charge in [-0.05, 0) is 32.3 Å². The maximum absolute atomic E-state index is 5.59. The highest BCUT2D eigenvalue weighted by molar-refractivity contribution is 14.0. The monoisotopic (exact) mass is 473 g/mol. The Balaban J connectivity index is 0.00000243. The zero-order valence-corrected chi connectivity index (χ0v) is 18.2. The Morgan fingerprint density at radius 1 is 1.35 bits per heavy atom. The summed E-state index contributed by atoms with van der Waals surface area (Å²) in [6, 6.07) is 5.26. The largest absolute Gasteiger partial charge is 0.478 e. The molecule has 1 aliphatic carbocycles. The van der Waals surface area contributed by atoms with Crippen molar-refractivity contribution >= 4 is 29.9 Å². The summed E-state index contributed by atoms with van der Waals surface area (Å²) < 4.78 is 5.59. The van der Waals surface area contributed by atoms with Crippen LogP contribution in [0.15, 0.2) is 23.3 Å². The standard InChI is InChI=1S/C19H31N5O.HI/c1-3-25-18-15(7-6-11-21-18)13-22-19(20-2)23-16-10-12-24(14-16)17-8-4-5-9-17;/h6-7,11,16-17H,3-5,8-10,12-14H2,1-2H3,(H2,20,22,23);1H. The Kier molecular flexibility index (Phi) is 8.90. The molecule has 0 spiro atoms. The molecule has 1 unspecified atom stereocenters. The van der Waals surface area contributed by atoms with E-state index < -0.39 is 0 Å². The van der Waals surface area contributed by atoms with E-state index in [1.807, 2.05) is 26.1 Å². The van der Waals surface area contributed by atoms with E-state index >= 15 is 0 Å². The molecule has 26 heavy (non-hydrogen) atoms. The van der Waals surface area contributed by atoms with Gasteiger partial charge in [0.2, 0.25) is 5.88 Å². The molecule has 1 atom stereocenters. The molecule has 146 valence electrons. The fourth-order valence-corrected chi connectivity index (χ4v) is 3.90. The third kappa shape index (κ3) is 5.70. The SMILES string of the molecule is CCOc1ncccc1CNC(=NC)NC1CCN(C2CCCC2)C1.I. The van der Waals surface area contributed by atoms with Gasteiger partial charge in [-0.15, -0.1) is 24.0 Å². The van der Waals surface area contributed by atoms with Crippen LogP contribution in [0.1, 0.15) is 44.6 Å². The molecule has 3 rings (SSSR count). The summed E-state index contributed by atoms with van der Waals surface area (Å²) in [5, 5.41) is 6.97. The van der Waals surface area contributed by atoms with E-state index in [9.17, 15) is 0 Å². The predicted molar refractivity (Wildman–Crippen MR) is 116 cm³/mol. The molecule has 2 fully saturated rings. The van der Waals surface area contributed by atoms with Crippen LogP contribution in [0.5, 0.6) is 5.88 Å².